The Hall–Kier alpha value is -3.06. The van der Waals surface area contributed by atoms with Gasteiger partial charge in [-0.15, -0.1) is 0 Å². The lowest BCUT2D eigenvalue weighted by molar-refractivity contribution is -0.117. The average Bonchev–Trinajstić information content (AvgIpc) is 2.64. The fourth-order valence-electron chi connectivity index (χ4n) is 2.32. The van der Waals surface area contributed by atoms with E-state index in [9.17, 15) is 10.1 Å². The molecule has 0 saturated carbocycles. The molecule has 0 saturated heterocycles. The van der Waals surface area contributed by atoms with Crippen molar-refractivity contribution in [2.75, 3.05) is 18.0 Å². The van der Waals surface area contributed by atoms with Gasteiger partial charge in [0.1, 0.15) is 11.6 Å². The van der Waals surface area contributed by atoms with E-state index in [1.807, 2.05) is 78.6 Å². The van der Waals surface area contributed by atoms with Crippen molar-refractivity contribution in [3.8, 4) is 6.07 Å². The minimum atomic E-state index is -0.345. The number of anilines is 1. The van der Waals surface area contributed by atoms with Crippen molar-refractivity contribution >= 4 is 11.6 Å². The molecule has 0 unspecified atom stereocenters. The van der Waals surface area contributed by atoms with E-state index in [1.165, 1.54) is 0 Å². The molecule has 0 heterocycles. The first-order chi connectivity index (χ1) is 11.7. The summed E-state index contributed by atoms with van der Waals surface area (Å²) in [5.74, 6) is -0.345. The molecular formula is C20H21N3O. The van der Waals surface area contributed by atoms with Crippen LogP contribution in [0.25, 0.3) is 0 Å². The Balaban J connectivity index is 1.98. The summed E-state index contributed by atoms with van der Waals surface area (Å²) in [6.45, 7) is 3.15. The van der Waals surface area contributed by atoms with E-state index in [2.05, 4.69) is 5.32 Å². The van der Waals surface area contributed by atoms with E-state index >= 15 is 0 Å². The van der Waals surface area contributed by atoms with Gasteiger partial charge in [0.05, 0.1) is 0 Å². The molecule has 0 aliphatic carbocycles. The van der Waals surface area contributed by atoms with Crippen LogP contribution in [0.1, 0.15) is 12.5 Å². The molecule has 0 atom stereocenters. The van der Waals surface area contributed by atoms with Gasteiger partial charge in [0.2, 0.25) is 0 Å². The van der Waals surface area contributed by atoms with Crippen molar-refractivity contribution in [3.63, 3.8) is 0 Å². The lowest BCUT2D eigenvalue weighted by atomic mass is 10.1. The Morgan fingerprint density at radius 3 is 2.33 bits per heavy atom. The maximum atomic E-state index is 12.2. The van der Waals surface area contributed by atoms with Crippen molar-refractivity contribution in [1.29, 1.82) is 5.26 Å². The zero-order valence-electron chi connectivity index (χ0n) is 13.8. The third-order valence-corrected chi connectivity index (χ3v) is 3.62. The fourth-order valence-corrected chi connectivity index (χ4v) is 2.32. The molecule has 2 rings (SSSR count). The number of benzene rings is 2. The Morgan fingerprint density at radius 1 is 1.12 bits per heavy atom. The van der Waals surface area contributed by atoms with Crippen LogP contribution in [-0.4, -0.2) is 19.0 Å². The molecule has 122 valence electrons. The topological polar surface area (TPSA) is 56.1 Å². The maximum absolute atomic E-state index is 12.2. The summed E-state index contributed by atoms with van der Waals surface area (Å²) in [7, 11) is 0. The van der Waals surface area contributed by atoms with E-state index in [-0.39, 0.29) is 11.5 Å². The number of amides is 1. The van der Waals surface area contributed by atoms with Crippen molar-refractivity contribution in [2.45, 2.75) is 13.3 Å². The predicted molar refractivity (Wildman–Crippen MR) is 96.3 cm³/mol. The second kappa shape index (κ2) is 9.16. The van der Waals surface area contributed by atoms with Crippen molar-refractivity contribution in [2.24, 2.45) is 0 Å². The molecule has 4 heteroatoms. The minimum absolute atomic E-state index is 0.105. The van der Waals surface area contributed by atoms with Gasteiger partial charge in [0, 0.05) is 25.0 Å². The van der Waals surface area contributed by atoms with Crippen molar-refractivity contribution < 1.29 is 4.79 Å². The van der Waals surface area contributed by atoms with Gasteiger partial charge in [-0.05, 0) is 31.0 Å². The number of para-hydroxylation sites is 1. The molecule has 0 aliphatic heterocycles. The van der Waals surface area contributed by atoms with Crippen LogP contribution in [0.5, 0.6) is 0 Å². The lowest BCUT2D eigenvalue weighted by Crippen LogP contribution is -2.28. The van der Waals surface area contributed by atoms with Crippen LogP contribution in [0.15, 0.2) is 72.4 Å². The number of carbonyl (C=O) groups is 1. The quantitative estimate of drug-likeness (QED) is 0.629. The normalized spacial score (nSPS) is 10.8. The number of nitrogens with one attached hydrogen (secondary N) is 1. The molecule has 0 aliphatic rings. The standard InChI is InChI=1S/C20H21N3O/c1-2-23(19-11-7-4-8-12-19)16-18(15-21)20(24)22-14-13-17-9-5-3-6-10-17/h3-12,16H,2,13-14H2,1H3,(H,22,24)/b18-16-. The average molecular weight is 319 g/mol. The van der Waals surface area contributed by atoms with Crippen LogP contribution in [0.4, 0.5) is 5.69 Å². The number of nitriles is 1. The highest BCUT2D eigenvalue weighted by molar-refractivity contribution is 5.97. The smallest absolute Gasteiger partial charge is 0.263 e. The van der Waals surface area contributed by atoms with Crippen LogP contribution in [-0.2, 0) is 11.2 Å². The number of nitrogens with zero attached hydrogens (tertiary/aromatic N) is 2. The summed E-state index contributed by atoms with van der Waals surface area (Å²) in [6.07, 6.45) is 2.34. The van der Waals surface area contributed by atoms with Crippen molar-refractivity contribution in [1.82, 2.24) is 5.32 Å². The summed E-state index contributed by atoms with van der Waals surface area (Å²) in [5.41, 5.74) is 2.21. The molecule has 1 N–H and O–H groups in total. The van der Waals surface area contributed by atoms with Gasteiger partial charge in [-0.1, -0.05) is 48.5 Å². The Labute approximate surface area is 143 Å². The van der Waals surface area contributed by atoms with Gasteiger partial charge in [-0.2, -0.15) is 5.26 Å². The number of hydrogen-bond donors (Lipinski definition) is 1. The first-order valence-corrected chi connectivity index (χ1v) is 8.00. The van der Waals surface area contributed by atoms with Crippen LogP contribution < -0.4 is 10.2 Å². The fraction of sp³-hybridized carbons (Fsp3) is 0.200. The molecule has 0 fully saturated rings. The Kier molecular flexibility index (Phi) is 6.60. The van der Waals surface area contributed by atoms with E-state index in [0.717, 1.165) is 17.7 Å². The summed E-state index contributed by atoms with van der Waals surface area (Å²) < 4.78 is 0. The summed E-state index contributed by atoms with van der Waals surface area (Å²) in [4.78, 5) is 14.1. The second-order valence-electron chi connectivity index (χ2n) is 5.27. The van der Waals surface area contributed by atoms with Gasteiger partial charge >= 0.3 is 0 Å². The maximum Gasteiger partial charge on any atom is 0.263 e. The van der Waals surface area contributed by atoms with Gasteiger partial charge < -0.3 is 10.2 Å². The largest absolute Gasteiger partial charge is 0.351 e. The zero-order chi connectivity index (χ0) is 17.2. The zero-order valence-corrected chi connectivity index (χ0v) is 13.8. The Morgan fingerprint density at radius 2 is 1.75 bits per heavy atom. The summed E-state index contributed by atoms with van der Waals surface area (Å²) in [6, 6.07) is 21.6. The highest BCUT2D eigenvalue weighted by atomic mass is 16.1. The highest BCUT2D eigenvalue weighted by Gasteiger charge is 2.11. The van der Waals surface area contributed by atoms with Crippen LogP contribution in [0.2, 0.25) is 0 Å². The number of hydrogen-bond acceptors (Lipinski definition) is 3. The van der Waals surface area contributed by atoms with E-state index in [0.29, 0.717) is 13.1 Å². The molecule has 0 bridgehead atoms. The first kappa shape index (κ1) is 17.3. The second-order valence-corrected chi connectivity index (χ2v) is 5.27. The minimum Gasteiger partial charge on any atom is -0.351 e. The molecule has 0 radical (unpaired) electrons. The molecule has 2 aromatic carbocycles. The SMILES string of the molecule is CCN(/C=C(/C#N)C(=O)NCCc1ccccc1)c1ccccc1. The monoisotopic (exact) mass is 319 g/mol. The van der Waals surface area contributed by atoms with Crippen LogP contribution in [0.3, 0.4) is 0 Å². The predicted octanol–water partition coefficient (Wildman–Crippen LogP) is 3.28. The van der Waals surface area contributed by atoms with Gasteiger partial charge in [-0.3, -0.25) is 4.79 Å². The molecule has 2 aromatic rings. The summed E-state index contributed by atoms with van der Waals surface area (Å²) in [5, 5.41) is 12.1. The van der Waals surface area contributed by atoms with Gasteiger partial charge in [0.25, 0.3) is 5.91 Å². The van der Waals surface area contributed by atoms with Crippen LogP contribution >= 0.6 is 0 Å². The van der Waals surface area contributed by atoms with E-state index in [1.54, 1.807) is 6.20 Å². The third-order valence-electron chi connectivity index (χ3n) is 3.62. The Bertz CT molecular complexity index is 718. The molecule has 24 heavy (non-hydrogen) atoms. The number of rotatable bonds is 7. The van der Waals surface area contributed by atoms with Gasteiger partial charge in [0.15, 0.2) is 0 Å². The third kappa shape index (κ3) is 4.99. The summed E-state index contributed by atoms with van der Waals surface area (Å²) >= 11 is 0. The van der Waals surface area contributed by atoms with E-state index < -0.39 is 0 Å². The number of carbonyl (C=O) groups excluding carboxylic acids is 1. The van der Waals surface area contributed by atoms with Crippen molar-refractivity contribution in [3.05, 3.63) is 78.0 Å². The van der Waals surface area contributed by atoms with E-state index in [4.69, 9.17) is 0 Å². The van der Waals surface area contributed by atoms with Gasteiger partial charge in [-0.25, -0.2) is 0 Å². The molecule has 0 spiro atoms. The first-order valence-electron chi connectivity index (χ1n) is 8.00. The molecule has 0 aromatic heterocycles. The molecule has 1 amide bonds. The lowest BCUT2D eigenvalue weighted by Gasteiger charge is -2.18. The molecule has 4 nitrogen and oxygen atoms in total. The van der Waals surface area contributed by atoms with Crippen LogP contribution in [0, 0.1) is 11.3 Å². The highest BCUT2D eigenvalue weighted by Crippen LogP contribution is 2.14. The molecular weight excluding hydrogens is 298 g/mol.